The molecule has 0 aromatic heterocycles. The Morgan fingerprint density at radius 2 is 0.880 bits per heavy atom. The van der Waals surface area contributed by atoms with Crippen LogP contribution in [0.25, 0.3) is 0 Å². The van der Waals surface area contributed by atoms with E-state index in [0.717, 1.165) is 6.16 Å². The second kappa shape index (κ2) is 6.71. The fourth-order valence-electron chi connectivity index (χ4n) is 3.83. The van der Waals surface area contributed by atoms with E-state index in [2.05, 4.69) is 127 Å². The van der Waals surface area contributed by atoms with Gasteiger partial charge in [0.15, 0.2) is 0 Å². The van der Waals surface area contributed by atoms with Crippen LogP contribution in [0, 0.1) is 5.41 Å². The van der Waals surface area contributed by atoms with Crippen molar-refractivity contribution < 1.29 is 0 Å². The van der Waals surface area contributed by atoms with Crippen LogP contribution in [0.15, 0.2) is 91.0 Å². The Bertz CT molecular complexity index is 721. The van der Waals surface area contributed by atoms with Crippen LogP contribution in [0.5, 0.6) is 0 Å². The van der Waals surface area contributed by atoms with Crippen LogP contribution in [0.3, 0.4) is 0 Å². The van der Waals surface area contributed by atoms with E-state index in [1.54, 1.807) is 0 Å². The van der Waals surface area contributed by atoms with Crippen molar-refractivity contribution >= 4 is 36.7 Å². The summed E-state index contributed by atoms with van der Waals surface area (Å²) in [7, 11) is 0. The second-order valence-corrected chi connectivity index (χ2v) is 16.8. The molecule has 0 unspecified atom stereocenters. The van der Waals surface area contributed by atoms with Crippen molar-refractivity contribution in [3.05, 3.63) is 91.0 Å². The molecular weight excluding hydrogens is 387 g/mol. The third-order valence-corrected chi connectivity index (χ3v) is 14.8. The molecule has 0 aliphatic heterocycles. The van der Waals surface area contributed by atoms with Crippen molar-refractivity contribution in [1.29, 1.82) is 0 Å². The summed E-state index contributed by atoms with van der Waals surface area (Å²) >= 11 is 4.48. The van der Waals surface area contributed by atoms with Crippen molar-refractivity contribution in [3.8, 4) is 0 Å². The van der Waals surface area contributed by atoms with E-state index in [1.807, 2.05) is 0 Å². The van der Waals surface area contributed by atoms with E-state index in [9.17, 15) is 0 Å². The molecular formula is C23H26BrP. The average molecular weight is 413 g/mol. The summed E-state index contributed by atoms with van der Waals surface area (Å²) in [6, 6.07) is 33.0. The molecule has 3 aromatic carbocycles. The van der Waals surface area contributed by atoms with Gasteiger partial charge in [-0.1, -0.05) is 0 Å². The van der Waals surface area contributed by atoms with E-state index in [-0.39, 0.29) is 5.41 Å². The Kier molecular flexibility index (Phi) is 4.93. The summed E-state index contributed by atoms with van der Waals surface area (Å²) < 4.78 is 0. The third kappa shape index (κ3) is 3.33. The molecule has 0 saturated carbocycles. The van der Waals surface area contributed by atoms with Gasteiger partial charge in [-0.25, -0.2) is 0 Å². The molecule has 0 heterocycles. The summed E-state index contributed by atoms with van der Waals surface area (Å²) in [4.78, 5) is 0. The van der Waals surface area contributed by atoms with Gasteiger partial charge in [0, 0.05) is 0 Å². The molecule has 0 spiro atoms. The summed E-state index contributed by atoms with van der Waals surface area (Å²) in [5.74, 6) is 0. The number of hydrogen-bond acceptors (Lipinski definition) is 0. The van der Waals surface area contributed by atoms with Crippen LogP contribution >= 0.6 is 20.8 Å². The molecule has 3 rings (SSSR count). The zero-order valence-corrected chi connectivity index (χ0v) is 17.7. The van der Waals surface area contributed by atoms with Gasteiger partial charge in [-0.05, 0) is 0 Å². The van der Waals surface area contributed by atoms with Gasteiger partial charge in [0.25, 0.3) is 0 Å². The topological polar surface area (TPSA) is 0 Å². The molecule has 0 atom stereocenters. The number of benzene rings is 3. The Balaban J connectivity index is 2.45. The first kappa shape index (κ1) is 18.4. The average Bonchev–Trinajstić information content (AvgIpc) is 2.63. The summed E-state index contributed by atoms with van der Waals surface area (Å²) in [6.45, 7) is 7.01. The molecule has 0 fully saturated rings. The predicted octanol–water partition coefficient (Wildman–Crippen LogP) is 5.87. The minimum atomic E-state index is -2.76. The molecule has 130 valence electrons. The number of hydrogen-bond donors (Lipinski definition) is 0. The monoisotopic (exact) mass is 412 g/mol. The van der Waals surface area contributed by atoms with Crippen molar-refractivity contribution in [2.24, 2.45) is 5.41 Å². The van der Waals surface area contributed by atoms with Gasteiger partial charge in [0.1, 0.15) is 0 Å². The maximum absolute atomic E-state index is 4.48. The van der Waals surface area contributed by atoms with Crippen molar-refractivity contribution in [3.63, 3.8) is 0 Å². The zero-order chi connectivity index (χ0) is 18.0. The van der Waals surface area contributed by atoms with Crippen molar-refractivity contribution in [2.75, 3.05) is 6.16 Å². The molecule has 0 aliphatic rings. The van der Waals surface area contributed by atoms with E-state index in [1.165, 1.54) is 15.9 Å². The molecule has 0 N–H and O–H groups in total. The van der Waals surface area contributed by atoms with Gasteiger partial charge in [-0.15, -0.1) is 0 Å². The molecule has 0 aliphatic carbocycles. The molecule has 0 nitrogen and oxygen atoms in total. The van der Waals surface area contributed by atoms with Gasteiger partial charge in [0.2, 0.25) is 0 Å². The Hall–Kier alpha value is -1.43. The zero-order valence-electron chi connectivity index (χ0n) is 15.2. The first-order valence-corrected chi connectivity index (χ1v) is 13.2. The SMILES string of the molecule is CC(C)(C)CP(Br)(c1ccccc1)(c1ccccc1)c1ccccc1. The predicted molar refractivity (Wildman–Crippen MR) is 118 cm³/mol. The Morgan fingerprint density at radius 1 is 0.600 bits per heavy atom. The third-order valence-electron chi connectivity index (χ3n) is 4.65. The van der Waals surface area contributed by atoms with E-state index < -0.39 is 5.31 Å². The van der Waals surface area contributed by atoms with E-state index in [0.29, 0.717) is 0 Å². The van der Waals surface area contributed by atoms with Gasteiger partial charge >= 0.3 is 160 Å². The molecule has 25 heavy (non-hydrogen) atoms. The molecule has 0 radical (unpaired) electrons. The fourth-order valence-corrected chi connectivity index (χ4v) is 13.8. The van der Waals surface area contributed by atoms with Gasteiger partial charge in [-0.2, -0.15) is 0 Å². The summed E-state index contributed by atoms with van der Waals surface area (Å²) in [6.07, 6.45) is 1.07. The van der Waals surface area contributed by atoms with E-state index >= 15 is 0 Å². The number of halogens is 1. The van der Waals surface area contributed by atoms with Crippen LogP contribution < -0.4 is 15.9 Å². The summed E-state index contributed by atoms with van der Waals surface area (Å²) in [5, 5.41) is 1.41. The van der Waals surface area contributed by atoms with Gasteiger partial charge in [-0.3, -0.25) is 0 Å². The molecule has 0 saturated heterocycles. The number of rotatable bonds is 4. The van der Waals surface area contributed by atoms with Crippen molar-refractivity contribution in [1.82, 2.24) is 0 Å². The van der Waals surface area contributed by atoms with Crippen LogP contribution in [0.4, 0.5) is 0 Å². The normalized spacial score (nSPS) is 13.8. The summed E-state index contributed by atoms with van der Waals surface area (Å²) in [5.41, 5.74) is 0.169. The van der Waals surface area contributed by atoms with Gasteiger partial charge < -0.3 is 0 Å². The Labute approximate surface area is 160 Å². The first-order chi connectivity index (χ1) is 11.8. The standard InChI is InChI=1S/C23H26BrP/c1-23(2,3)19-25(24,20-13-7-4-8-14-20,21-15-9-5-10-16-21)22-17-11-6-12-18-22/h4-18H,19H2,1-3H3. The molecule has 2 heteroatoms. The van der Waals surface area contributed by atoms with Crippen molar-refractivity contribution in [2.45, 2.75) is 20.8 Å². The molecule has 0 bridgehead atoms. The van der Waals surface area contributed by atoms with E-state index in [4.69, 9.17) is 0 Å². The molecule has 3 aromatic rings. The van der Waals surface area contributed by atoms with Crippen LogP contribution in [-0.2, 0) is 0 Å². The Morgan fingerprint density at radius 3 is 1.12 bits per heavy atom. The second-order valence-electron chi connectivity index (χ2n) is 7.91. The van der Waals surface area contributed by atoms with Crippen LogP contribution in [0.2, 0.25) is 0 Å². The van der Waals surface area contributed by atoms with Crippen LogP contribution in [-0.4, -0.2) is 6.16 Å². The molecule has 0 amide bonds. The fraction of sp³-hybridized carbons (Fsp3) is 0.217. The van der Waals surface area contributed by atoms with Gasteiger partial charge in [0.05, 0.1) is 0 Å². The minimum absolute atomic E-state index is 0.169. The maximum atomic E-state index is 4.48. The first-order valence-electron chi connectivity index (χ1n) is 8.74. The quantitative estimate of drug-likeness (QED) is 0.469. The van der Waals surface area contributed by atoms with Crippen LogP contribution in [0.1, 0.15) is 20.8 Å².